The maximum atomic E-state index is 14.3. The lowest BCUT2D eigenvalue weighted by atomic mass is 9.91. The van der Waals surface area contributed by atoms with Crippen LogP contribution in [-0.4, -0.2) is 41.1 Å². The van der Waals surface area contributed by atoms with Gasteiger partial charge in [0.15, 0.2) is 11.5 Å². The molecule has 8 heteroatoms. The van der Waals surface area contributed by atoms with Crippen LogP contribution in [0.2, 0.25) is 0 Å². The molecule has 0 aromatic heterocycles. The Labute approximate surface area is 201 Å². The molecule has 0 saturated carbocycles. The van der Waals surface area contributed by atoms with E-state index in [9.17, 15) is 23.5 Å². The number of nitrogens with zero attached hydrogens (tertiary/aromatic N) is 1. The first-order valence-corrected chi connectivity index (χ1v) is 11.1. The summed E-state index contributed by atoms with van der Waals surface area (Å²) in [6.07, 6.45) is 0.711. The van der Waals surface area contributed by atoms with Crippen molar-refractivity contribution < 1.29 is 33.0 Å². The fourth-order valence-corrected chi connectivity index (χ4v) is 4.41. The second-order valence-corrected chi connectivity index (χ2v) is 8.85. The summed E-state index contributed by atoms with van der Waals surface area (Å²) in [5.41, 5.74) is 1.14. The van der Waals surface area contributed by atoms with E-state index in [1.807, 2.05) is 6.92 Å². The SMILES string of the molecule is COc1cc(C(=O)N(CC(=O)O)Cc2cccc(F)c2)cc2c1O[C@](C)(Cc1ccccc1F)C2. The van der Waals surface area contributed by atoms with Crippen LogP contribution in [-0.2, 0) is 24.2 Å². The zero-order valence-electron chi connectivity index (χ0n) is 19.4. The highest BCUT2D eigenvalue weighted by Crippen LogP contribution is 2.44. The van der Waals surface area contributed by atoms with Crippen molar-refractivity contribution in [3.8, 4) is 11.5 Å². The summed E-state index contributed by atoms with van der Waals surface area (Å²) >= 11 is 0. The zero-order valence-corrected chi connectivity index (χ0v) is 19.4. The number of hydrogen-bond acceptors (Lipinski definition) is 4. The van der Waals surface area contributed by atoms with Gasteiger partial charge in [0.1, 0.15) is 23.8 Å². The largest absolute Gasteiger partial charge is 0.493 e. The van der Waals surface area contributed by atoms with Crippen LogP contribution in [0.4, 0.5) is 8.78 Å². The van der Waals surface area contributed by atoms with Gasteiger partial charge in [-0.25, -0.2) is 8.78 Å². The number of hydrogen-bond donors (Lipinski definition) is 1. The van der Waals surface area contributed by atoms with E-state index in [0.717, 1.165) is 4.90 Å². The Morgan fingerprint density at radius 2 is 1.89 bits per heavy atom. The molecule has 0 fully saturated rings. The van der Waals surface area contributed by atoms with Gasteiger partial charge in [0, 0.05) is 30.5 Å². The molecule has 1 amide bonds. The normalized spacial score (nSPS) is 16.3. The molecule has 6 nitrogen and oxygen atoms in total. The number of benzene rings is 3. The number of rotatable bonds is 8. The molecule has 1 heterocycles. The molecule has 0 aliphatic carbocycles. The fourth-order valence-electron chi connectivity index (χ4n) is 4.41. The average Bonchev–Trinajstić information content (AvgIpc) is 3.14. The Hall–Kier alpha value is -3.94. The molecule has 0 unspecified atom stereocenters. The third-order valence-corrected chi connectivity index (χ3v) is 5.91. The summed E-state index contributed by atoms with van der Waals surface area (Å²) in [6.45, 7) is 1.22. The number of carbonyl (C=O) groups is 2. The van der Waals surface area contributed by atoms with Crippen molar-refractivity contribution in [3.63, 3.8) is 0 Å². The number of halogens is 2. The highest BCUT2D eigenvalue weighted by Gasteiger charge is 2.38. The number of carboxylic acids is 1. The van der Waals surface area contributed by atoms with Crippen molar-refractivity contribution >= 4 is 11.9 Å². The molecular formula is C27H25F2NO5. The summed E-state index contributed by atoms with van der Waals surface area (Å²) in [7, 11) is 1.45. The van der Waals surface area contributed by atoms with Crippen molar-refractivity contribution in [2.75, 3.05) is 13.7 Å². The van der Waals surface area contributed by atoms with Crippen LogP contribution in [0, 0.1) is 11.6 Å². The lowest BCUT2D eigenvalue weighted by Gasteiger charge is -2.24. The van der Waals surface area contributed by atoms with Crippen molar-refractivity contribution in [2.24, 2.45) is 0 Å². The molecule has 182 valence electrons. The van der Waals surface area contributed by atoms with Gasteiger partial charge in [-0.3, -0.25) is 9.59 Å². The molecule has 0 bridgehead atoms. The zero-order chi connectivity index (χ0) is 25.2. The number of carbonyl (C=O) groups excluding carboxylic acids is 1. The van der Waals surface area contributed by atoms with Gasteiger partial charge in [-0.2, -0.15) is 0 Å². The maximum absolute atomic E-state index is 14.3. The number of amides is 1. The number of carboxylic acid groups (broad SMARTS) is 1. The van der Waals surface area contributed by atoms with E-state index in [4.69, 9.17) is 9.47 Å². The van der Waals surface area contributed by atoms with Gasteiger partial charge in [0.2, 0.25) is 0 Å². The summed E-state index contributed by atoms with van der Waals surface area (Å²) in [4.78, 5) is 25.9. The van der Waals surface area contributed by atoms with Crippen LogP contribution >= 0.6 is 0 Å². The molecule has 4 rings (SSSR count). The minimum Gasteiger partial charge on any atom is -0.493 e. The summed E-state index contributed by atoms with van der Waals surface area (Å²) in [5.74, 6) is -1.74. The van der Waals surface area contributed by atoms with E-state index in [2.05, 4.69) is 0 Å². The summed E-state index contributed by atoms with van der Waals surface area (Å²) in [5, 5.41) is 9.36. The number of methoxy groups -OCH3 is 1. The van der Waals surface area contributed by atoms with Gasteiger partial charge < -0.3 is 19.5 Å². The first-order chi connectivity index (χ1) is 16.7. The lowest BCUT2D eigenvalue weighted by molar-refractivity contribution is -0.137. The molecule has 3 aromatic carbocycles. The molecule has 1 atom stereocenters. The van der Waals surface area contributed by atoms with Crippen LogP contribution in [0.3, 0.4) is 0 Å². The Morgan fingerprint density at radius 1 is 1.11 bits per heavy atom. The molecule has 1 aliphatic rings. The van der Waals surface area contributed by atoms with Crippen LogP contribution in [0.15, 0.2) is 60.7 Å². The second-order valence-electron chi connectivity index (χ2n) is 8.85. The number of ether oxygens (including phenoxy) is 2. The first-order valence-electron chi connectivity index (χ1n) is 11.1. The number of aliphatic carboxylic acids is 1. The van der Waals surface area contributed by atoms with Gasteiger partial charge in [-0.1, -0.05) is 30.3 Å². The Kier molecular flexibility index (Phi) is 6.73. The fraction of sp³-hybridized carbons (Fsp3) is 0.259. The van der Waals surface area contributed by atoms with E-state index in [1.54, 1.807) is 30.3 Å². The van der Waals surface area contributed by atoms with E-state index in [0.29, 0.717) is 41.0 Å². The van der Waals surface area contributed by atoms with E-state index >= 15 is 0 Å². The van der Waals surface area contributed by atoms with Crippen molar-refractivity contribution in [1.29, 1.82) is 0 Å². The molecule has 1 N–H and O–H groups in total. The molecule has 35 heavy (non-hydrogen) atoms. The second kappa shape index (κ2) is 9.74. The predicted octanol–water partition coefficient (Wildman–Crippen LogP) is 4.64. The van der Waals surface area contributed by atoms with Gasteiger partial charge in [-0.05, 0) is 48.4 Å². The lowest BCUT2D eigenvalue weighted by Crippen LogP contribution is -2.35. The van der Waals surface area contributed by atoms with Crippen LogP contribution in [0.25, 0.3) is 0 Å². The summed E-state index contributed by atoms with van der Waals surface area (Å²) < 4.78 is 39.6. The monoisotopic (exact) mass is 481 g/mol. The van der Waals surface area contributed by atoms with Crippen molar-refractivity contribution in [3.05, 3.63) is 94.6 Å². The van der Waals surface area contributed by atoms with Crippen LogP contribution < -0.4 is 9.47 Å². The van der Waals surface area contributed by atoms with Crippen LogP contribution in [0.1, 0.15) is 34.0 Å². The van der Waals surface area contributed by atoms with Gasteiger partial charge in [0.05, 0.1) is 7.11 Å². The molecular weight excluding hydrogens is 456 g/mol. The maximum Gasteiger partial charge on any atom is 0.323 e. The predicted molar refractivity (Wildman–Crippen MR) is 125 cm³/mol. The molecule has 3 aromatic rings. The highest BCUT2D eigenvalue weighted by molar-refractivity contribution is 5.97. The third-order valence-electron chi connectivity index (χ3n) is 5.91. The standard InChI is InChI=1S/C27H25F2NO5/c1-27(13-18-7-3-4-9-22(18)29)14-20-11-19(12-23(34-2)25(20)35-27)26(33)30(16-24(31)32)15-17-6-5-8-21(28)10-17/h3-12H,13-16H2,1-2H3,(H,31,32)/t27-/m1/s1. The Bertz CT molecular complexity index is 1280. The Balaban J connectivity index is 1.62. The quantitative estimate of drug-likeness (QED) is 0.508. The molecule has 0 spiro atoms. The van der Waals surface area contributed by atoms with Crippen LogP contribution in [0.5, 0.6) is 11.5 Å². The average molecular weight is 481 g/mol. The van der Waals surface area contributed by atoms with E-state index < -0.39 is 29.8 Å². The minimum absolute atomic E-state index is 0.0796. The van der Waals surface area contributed by atoms with E-state index in [-0.39, 0.29) is 17.9 Å². The van der Waals surface area contributed by atoms with Gasteiger partial charge in [0.25, 0.3) is 5.91 Å². The van der Waals surface area contributed by atoms with E-state index in [1.165, 1.54) is 37.4 Å². The molecule has 1 aliphatic heterocycles. The molecule has 0 radical (unpaired) electrons. The highest BCUT2D eigenvalue weighted by atomic mass is 19.1. The molecule has 0 saturated heterocycles. The van der Waals surface area contributed by atoms with Crippen molar-refractivity contribution in [1.82, 2.24) is 4.90 Å². The first kappa shape index (κ1) is 24.2. The van der Waals surface area contributed by atoms with Gasteiger partial charge >= 0.3 is 5.97 Å². The van der Waals surface area contributed by atoms with Crippen molar-refractivity contribution in [2.45, 2.75) is 31.9 Å². The number of fused-ring (bicyclic) bond motifs is 1. The third kappa shape index (κ3) is 5.42. The summed E-state index contributed by atoms with van der Waals surface area (Å²) in [6, 6.07) is 15.3. The smallest absolute Gasteiger partial charge is 0.323 e. The van der Waals surface area contributed by atoms with Gasteiger partial charge in [-0.15, -0.1) is 0 Å². The topological polar surface area (TPSA) is 76.1 Å². The Morgan fingerprint density at radius 3 is 2.57 bits per heavy atom. The minimum atomic E-state index is -1.19.